The van der Waals surface area contributed by atoms with Crippen LogP contribution in [0.5, 0.6) is 0 Å². The van der Waals surface area contributed by atoms with Crippen LogP contribution in [-0.4, -0.2) is 22.0 Å². The van der Waals surface area contributed by atoms with E-state index in [0.29, 0.717) is 22.6 Å². The molecule has 0 saturated carbocycles. The number of nitrogens with one attached hydrogen (secondary N) is 2. The average Bonchev–Trinajstić information content (AvgIpc) is 2.70. The number of carbonyl (C=O) groups excluding carboxylic acids is 2. The van der Waals surface area contributed by atoms with Crippen molar-refractivity contribution in [3.05, 3.63) is 41.2 Å². The average molecular weight is 259 g/mol. The summed E-state index contributed by atoms with van der Waals surface area (Å²) in [6.07, 6.45) is 0. The number of anilines is 2. The number of aryl methyl sites for hydroxylation is 1. The molecule has 0 bridgehead atoms. The summed E-state index contributed by atoms with van der Waals surface area (Å²) in [7, 11) is 0. The fourth-order valence-electron chi connectivity index (χ4n) is 1.52. The second-order valence-corrected chi connectivity index (χ2v) is 4.01. The van der Waals surface area contributed by atoms with Crippen LogP contribution in [0.4, 0.5) is 11.4 Å². The quantitative estimate of drug-likeness (QED) is 0.645. The smallest absolute Gasteiger partial charge is 0.278 e. The fourth-order valence-corrected chi connectivity index (χ4v) is 1.52. The molecule has 19 heavy (non-hydrogen) atoms. The van der Waals surface area contributed by atoms with Crippen molar-refractivity contribution in [2.24, 2.45) is 5.73 Å². The van der Waals surface area contributed by atoms with Crippen LogP contribution in [0.2, 0.25) is 0 Å². The van der Waals surface area contributed by atoms with Gasteiger partial charge in [-0.25, -0.2) is 0 Å². The molecule has 1 heterocycles. The predicted octanol–water partition coefficient (Wildman–Crippen LogP) is 0.652. The third-order valence-corrected chi connectivity index (χ3v) is 2.64. The highest BCUT2D eigenvalue weighted by Crippen LogP contribution is 2.15. The summed E-state index contributed by atoms with van der Waals surface area (Å²) in [5.74, 6) is -0.946. The first-order valence-electron chi connectivity index (χ1n) is 5.50. The van der Waals surface area contributed by atoms with Crippen molar-refractivity contribution in [1.82, 2.24) is 10.2 Å². The van der Waals surface area contributed by atoms with Gasteiger partial charge in [0, 0.05) is 11.3 Å². The Labute approximate surface area is 109 Å². The van der Waals surface area contributed by atoms with Gasteiger partial charge in [0.2, 0.25) is 5.91 Å². The van der Waals surface area contributed by atoms with Crippen molar-refractivity contribution >= 4 is 23.2 Å². The molecule has 0 unspecified atom stereocenters. The highest BCUT2D eigenvalue weighted by Gasteiger charge is 2.15. The lowest BCUT2D eigenvalue weighted by atomic mass is 10.2. The zero-order chi connectivity index (χ0) is 14.0. The number of benzene rings is 1. The Morgan fingerprint density at radius 3 is 2.37 bits per heavy atom. The van der Waals surface area contributed by atoms with Gasteiger partial charge in [-0.1, -0.05) is 0 Å². The second-order valence-electron chi connectivity index (χ2n) is 4.01. The molecular formula is C12H13N5O2. The van der Waals surface area contributed by atoms with Gasteiger partial charge in [0.1, 0.15) is 0 Å². The lowest BCUT2D eigenvalue weighted by molar-refractivity contribution is 0.0998. The molecule has 2 rings (SSSR count). The molecule has 6 N–H and O–H groups in total. The number of nitrogens with two attached hydrogens (primary N) is 2. The van der Waals surface area contributed by atoms with Gasteiger partial charge in [0.25, 0.3) is 5.91 Å². The van der Waals surface area contributed by atoms with E-state index in [0.717, 1.165) is 0 Å². The number of nitrogen functional groups attached to an aromatic ring is 1. The Kier molecular flexibility index (Phi) is 3.19. The topological polar surface area (TPSA) is 127 Å². The van der Waals surface area contributed by atoms with E-state index in [9.17, 15) is 9.59 Å². The highest BCUT2D eigenvalue weighted by molar-refractivity contribution is 6.06. The van der Waals surface area contributed by atoms with E-state index >= 15 is 0 Å². The SMILES string of the molecule is Cc1[nH]nc(C(=O)Nc2ccc(C(N)=O)cc2)c1N. The van der Waals surface area contributed by atoms with Gasteiger partial charge in [-0.05, 0) is 31.2 Å². The third-order valence-electron chi connectivity index (χ3n) is 2.64. The zero-order valence-corrected chi connectivity index (χ0v) is 10.2. The molecule has 0 aliphatic carbocycles. The standard InChI is InChI=1S/C12H13N5O2/c1-6-9(13)10(17-16-6)12(19)15-8-4-2-7(3-5-8)11(14)18/h2-5H,13H2,1H3,(H2,14,18)(H,15,19)(H,16,17). The van der Waals surface area contributed by atoms with Crippen LogP contribution in [0.3, 0.4) is 0 Å². The molecule has 0 fully saturated rings. The maximum atomic E-state index is 11.9. The van der Waals surface area contributed by atoms with Crippen molar-refractivity contribution in [2.45, 2.75) is 6.92 Å². The normalized spacial score (nSPS) is 10.2. The molecule has 1 aromatic carbocycles. The summed E-state index contributed by atoms with van der Waals surface area (Å²) in [5.41, 5.74) is 12.8. The molecule has 0 saturated heterocycles. The van der Waals surface area contributed by atoms with E-state index < -0.39 is 11.8 Å². The van der Waals surface area contributed by atoms with Crippen molar-refractivity contribution in [2.75, 3.05) is 11.1 Å². The molecule has 0 aliphatic heterocycles. The minimum absolute atomic E-state index is 0.136. The largest absolute Gasteiger partial charge is 0.395 e. The number of hydrogen-bond acceptors (Lipinski definition) is 4. The van der Waals surface area contributed by atoms with Gasteiger partial charge in [0.15, 0.2) is 5.69 Å². The number of rotatable bonds is 3. The number of primary amides is 1. The predicted molar refractivity (Wildman–Crippen MR) is 70.7 cm³/mol. The molecule has 7 heteroatoms. The first kappa shape index (κ1) is 12.6. The van der Waals surface area contributed by atoms with Gasteiger partial charge in [-0.2, -0.15) is 5.10 Å². The van der Waals surface area contributed by atoms with Crippen LogP contribution in [0.25, 0.3) is 0 Å². The van der Waals surface area contributed by atoms with Gasteiger partial charge in [0.05, 0.1) is 11.4 Å². The minimum atomic E-state index is -0.523. The number of H-pyrrole nitrogens is 1. The maximum absolute atomic E-state index is 11.9. The molecule has 98 valence electrons. The van der Waals surface area contributed by atoms with Gasteiger partial charge in [-0.3, -0.25) is 14.7 Å². The van der Waals surface area contributed by atoms with E-state index in [1.54, 1.807) is 19.1 Å². The molecule has 0 aliphatic rings. The number of carbonyl (C=O) groups is 2. The molecule has 2 aromatic rings. The van der Waals surface area contributed by atoms with Gasteiger partial charge in [-0.15, -0.1) is 0 Å². The number of amides is 2. The number of nitrogens with zero attached hydrogens (tertiary/aromatic N) is 1. The summed E-state index contributed by atoms with van der Waals surface area (Å²) in [6, 6.07) is 6.20. The zero-order valence-electron chi connectivity index (χ0n) is 10.2. The van der Waals surface area contributed by atoms with Crippen LogP contribution in [0.15, 0.2) is 24.3 Å². The van der Waals surface area contributed by atoms with E-state index in [1.807, 2.05) is 0 Å². The van der Waals surface area contributed by atoms with Crippen LogP contribution in [-0.2, 0) is 0 Å². The Morgan fingerprint density at radius 2 is 1.89 bits per heavy atom. The number of aromatic nitrogens is 2. The van der Waals surface area contributed by atoms with Crippen molar-refractivity contribution in [1.29, 1.82) is 0 Å². The van der Waals surface area contributed by atoms with Crippen LogP contribution >= 0.6 is 0 Å². The molecule has 1 aromatic heterocycles. The lowest BCUT2D eigenvalue weighted by Crippen LogP contribution is -2.15. The Balaban J connectivity index is 2.15. The summed E-state index contributed by atoms with van der Waals surface area (Å²) >= 11 is 0. The Morgan fingerprint density at radius 1 is 1.26 bits per heavy atom. The summed E-state index contributed by atoms with van der Waals surface area (Å²) in [6.45, 7) is 1.72. The van der Waals surface area contributed by atoms with Gasteiger partial charge >= 0.3 is 0 Å². The summed E-state index contributed by atoms with van der Waals surface area (Å²) in [4.78, 5) is 22.8. The minimum Gasteiger partial charge on any atom is -0.395 e. The van der Waals surface area contributed by atoms with Crippen LogP contribution in [0.1, 0.15) is 26.5 Å². The van der Waals surface area contributed by atoms with E-state index in [4.69, 9.17) is 11.5 Å². The third kappa shape index (κ3) is 2.54. The lowest BCUT2D eigenvalue weighted by Gasteiger charge is -2.04. The first-order valence-corrected chi connectivity index (χ1v) is 5.50. The second kappa shape index (κ2) is 4.81. The van der Waals surface area contributed by atoms with Gasteiger partial charge < -0.3 is 16.8 Å². The highest BCUT2D eigenvalue weighted by atomic mass is 16.2. The van der Waals surface area contributed by atoms with Crippen molar-refractivity contribution in [3.63, 3.8) is 0 Å². The molecular weight excluding hydrogens is 246 g/mol. The first-order chi connectivity index (χ1) is 8.99. The number of hydrogen-bond donors (Lipinski definition) is 4. The molecule has 0 radical (unpaired) electrons. The van der Waals surface area contributed by atoms with Crippen LogP contribution in [0, 0.1) is 6.92 Å². The van der Waals surface area contributed by atoms with Crippen molar-refractivity contribution in [3.8, 4) is 0 Å². The molecule has 0 spiro atoms. The van der Waals surface area contributed by atoms with Crippen LogP contribution < -0.4 is 16.8 Å². The maximum Gasteiger partial charge on any atom is 0.278 e. The Bertz CT molecular complexity index is 630. The van der Waals surface area contributed by atoms with Crippen molar-refractivity contribution < 1.29 is 9.59 Å². The molecule has 0 atom stereocenters. The molecule has 2 amide bonds. The summed E-state index contributed by atoms with van der Waals surface area (Å²) < 4.78 is 0. The van der Waals surface area contributed by atoms with E-state index in [2.05, 4.69) is 15.5 Å². The summed E-state index contributed by atoms with van der Waals surface area (Å²) in [5, 5.41) is 9.08. The number of aromatic amines is 1. The van der Waals surface area contributed by atoms with E-state index in [1.165, 1.54) is 12.1 Å². The monoisotopic (exact) mass is 259 g/mol. The fraction of sp³-hybridized carbons (Fsp3) is 0.0833. The van der Waals surface area contributed by atoms with E-state index in [-0.39, 0.29) is 5.69 Å². The Hall–Kier alpha value is -2.83. The molecule has 7 nitrogen and oxygen atoms in total.